The monoisotopic (exact) mass is 580 g/mol. The van der Waals surface area contributed by atoms with Gasteiger partial charge < -0.3 is 15.5 Å². The molecule has 0 spiro atoms. The van der Waals surface area contributed by atoms with Crippen molar-refractivity contribution >= 4 is 40.4 Å². The Morgan fingerprint density at radius 2 is 1.93 bits per heavy atom. The van der Waals surface area contributed by atoms with Gasteiger partial charge in [0.2, 0.25) is 5.95 Å². The lowest BCUT2D eigenvalue weighted by Gasteiger charge is -2.37. The van der Waals surface area contributed by atoms with Crippen LogP contribution in [-0.4, -0.2) is 68.3 Å². The minimum atomic E-state index is -0.331. The number of carbonyl (C=O) groups is 3. The summed E-state index contributed by atoms with van der Waals surface area (Å²) in [4.78, 5) is 57.3. The molecule has 1 unspecified atom stereocenters. The van der Waals surface area contributed by atoms with E-state index < -0.39 is 0 Å². The van der Waals surface area contributed by atoms with Crippen molar-refractivity contribution in [2.24, 2.45) is 0 Å². The van der Waals surface area contributed by atoms with Crippen LogP contribution in [0.15, 0.2) is 47.6 Å². The van der Waals surface area contributed by atoms with Gasteiger partial charge in [0.1, 0.15) is 5.82 Å². The van der Waals surface area contributed by atoms with E-state index in [0.717, 1.165) is 23.0 Å². The maximum absolute atomic E-state index is 13.2. The fourth-order valence-corrected chi connectivity index (χ4v) is 5.72. The molecule has 0 bridgehead atoms. The topological polar surface area (TPSA) is 125 Å². The van der Waals surface area contributed by atoms with Crippen LogP contribution in [0.4, 0.5) is 11.8 Å². The number of carbonyl (C=O) groups excluding carboxylic acids is 3. The lowest BCUT2D eigenvalue weighted by atomic mass is 10.0. The lowest BCUT2D eigenvalue weighted by Crippen LogP contribution is -2.51. The van der Waals surface area contributed by atoms with E-state index in [1.807, 2.05) is 43.0 Å². The van der Waals surface area contributed by atoms with Crippen LogP contribution >= 0.6 is 0 Å². The van der Waals surface area contributed by atoms with Crippen molar-refractivity contribution in [2.45, 2.75) is 59.7 Å². The summed E-state index contributed by atoms with van der Waals surface area (Å²) in [5, 5.41) is 7.01. The van der Waals surface area contributed by atoms with Gasteiger partial charge in [-0.2, -0.15) is 4.98 Å². The van der Waals surface area contributed by atoms with E-state index in [1.54, 1.807) is 37.6 Å². The van der Waals surface area contributed by atoms with Crippen LogP contribution in [0.25, 0.3) is 10.9 Å². The van der Waals surface area contributed by atoms with Gasteiger partial charge in [0.25, 0.3) is 17.7 Å². The second-order valence-electron chi connectivity index (χ2n) is 10.6. The smallest absolute Gasteiger partial charge is 0.271 e. The fraction of sp³-hybridized carbons (Fsp3) is 0.375. The van der Waals surface area contributed by atoms with Crippen molar-refractivity contribution in [1.29, 1.82) is 0 Å². The molecule has 222 valence electrons. The predicted octanol–water partition coefficient (Wildman–Crippen LogP) is 3.36. The highest BCUT2D eigenvalue weighted by Gasteiger charge is 2.41. The average Bonchev–Trinajstić information content (AvgIpc) is 3.48. The first-order chi connectivity index (χ1) is 20.8. The second kappa shape index (κ2) is 12.5. The molecule has 0 aliphatic carbocycles. The molecule has 3 aromatic rings. The summed E-state index contributed by atoms with van der Waals surface area (Å²) in [5.41, 5.74) is 2.94. The van der Waals surface area contributed by atoms with Gasteiger partial charge in [0, 0.05) is 42.4 Å². The van der Waals surface area contributed by atoms with Crippen LogP contribution in [0.3, 0.4) is 0 Å². The number of imidazole rings is 1. The maximum Gasteiger partial charge on any atom is 0.271 e. The summed E-state index contributed by atoms with van der Waals surface area (Å²) < 4.78 is 1.79. The van der Waals surface area contributed by atoms with Gasteiger partial charge in [0.15, 0.2) is 11.5 Å². The Labute approximate surface area is 251 Å². The molecule has 1 saturated heterocycles. The molecule has 2 aromatic heterocycles. The normalized spacial score (nSPS) is 17.2. The van der Waals surface area contributed by atoms with Gasteiger partial charge in [-0.1, -0.05) is 36.3 Å². The van der Waals surface area contributed by atoms with E-state index in [2.05, 4.69) is 32.4 Å². The van der Waals surface area contributed by atoms with Crippen molar-refractivity contribution in [3.05, 3.63) is 64.8 Å². The molecule has 0 saturated carbocycles. The Morgan fingerprint density at radius 3 is 2.67 bits per heavy atom. The third-order valence-electron chi connectivity index (χ3n) is 7.83. The number of rotatable bonds is 8. The number of allylic oxidation sites excluding steroid dienone is 1. The summed E-state index contributed by atoms with van der Waals surface area (Å²) in [7, 11) is 1.57. The minimum Gasteiger partial charge on any atom is -0.361 e. The van der Waals surface area contributed by atoms with Gasteiger partial charge in [-0.05, 0) is 46.6 Å². The second-order valence-corrected chi connectivity index (χ2v) is 10.6. The number of hydrogen-bond acceptors (Lipinski definition) is 8. The van der Waals surface area contributed by atoms with E-state index in [0.29, 0.717) is 53.9 Å². The van der Waals surface area contributed by atoms with Gasteiger partial charge in [-0.15, -0.1) is 5.92 Å². The number of benzene rings is 1. The van der Waals surface area contributed by atoms with Crippen molar-refractivity contribution < 1.29 is 14.4 Å². The van der Waals surface area contributed by atoms with Crippen molar-refractivity contribution in [3.8, 4) is 11.8 Å². The third kappa shape index (κ3) is 5.60. The third-order valence-corrected chi connectivity index (χ3v) is 7.83. The van der Waals surface area contributed by atoms with Crippen LogP contribution in [0.1, 0.15) is 55.6 Å². The molecule has 1 atom stereocenters. The Morgan fingerprint density at radius 1 is 1.14 bits per heavy atom. The number of aromatic nitrogens is 4. The molecule has 2 aliphatic rings. The van der Waals surface area contributed by atoms with Gasteiger partial charge >= 0.3 is 0 Å². The molecule has 3 amide bonds. The summed E-state index contributed by atoms with van der Waals surface area (Å²) in [6, 6.07) is 7.50. The number of fused-ring (bicyclic) bond motifs is 1. The molecule has 11 nitrogen and oxygen atoms in total. The SMILES string of the molecule is CC#CCn1c(N2CCCC(N3C(=O)C(C)=C(/C=C\C)C3=O)C2)nc(NCc2nc(C)c3ccccc3n2)c1C(=O)NC. The molecule has 2 aliphatic heterocycles. The van der Waals surface area contributed by atoms with Crippen molar-refractivity contribution in [2.75, 3.05) is 30.4 Å². The quantitative estimate of drug-likeness (QED) is 0.307. The number of nitrogens with zero attached hydrogens (tertiary/aromatic N) is 6. The number of para-hydroxylation sites is 1. The molecular weight excluding hydrogens is 544 g/mol. The lowest BCUT2D eigenvalue weighted by molar-refractivity contribution is -0.140. The van der Waals surface area contributed by atoms with Crippen LogP contribution in [0.2, 0.25) is 0 Å². The number of nitrogens with one attached hydrogen (secondary N) is 2. The standard InChI is InChI=1S/C32H36N8O3/c1-6-8-17-39-27(29(41)33-5)28(34-18-26-35-21(4)24-14-9-10-15-25(24)36-26)37-32(39)38-16-11-13-22(19-38)40-30(42)20(3)23(12-7-2)31(40)43/h7,9-10,12,14-15,22,34H,11,13,16-19H2,1-5H3,(H,33,41)/b12-7-. The zero-order chi connectivity index (χ0) is 30.7. The van der Waals surface area contributed by atoms with Crippen molar-refractivity contribution in [3.63, 3.8) is 0 Å². The van der Waals surface area contributed by atoms with Crippen LogP contribution in [0, 0.1) is 18.8 Å². The van der Waals surface area contributed by atoms with E-state index in [9.17, 15) is 14.4 Å². The Hall–Kier alpha value is -4.98. The number of piperidine rings is 1. The van der Waals surface area contributed by atoms with Gasteiger partial charge in [-0.3, -0.25) is 23.9 Å². The van der Waals surface area contributed by atoms with Gasteiger partial charge in [0.05, 0.1) is 24.6 Å². The molecule has 1 fully saturated rings. The van der Waals surface area contributed by atoms with Crippen LogP contribution in [-0.2, 0) is 22.7 Å². The van der Waals surface area contributed by atoms with Gasteiger partial charge in [-0.25, -0.2) is 9.97 Å². The molecule has 11 heteroatoms. The Balaban J connectivity index is 1.47. The molecule has 2 N–H and O–H groups in total. The van der Waals surface area contributed by atoms with E-state index in [-0.39, 0.29) is 36.9 Å². The summed E-state index contributed by atoms with van der Waals surface area (Å²) >= 11 is 0. The first-order valence-electron chi connectivity index (χ1n) is 14.4. The summed E-state index contributed by atoms with van der Waals surface area (Å²) in [5.74, 6) is 6.63. The molecular formula is C32H36N8O3. The molecule has 43 heavy (non-hydrogen) atoms. The summed E-state index contributed by atoms with van der Waals surface area (Å²) in [6.45, 7) is 8.74. The highest BCUT2D eigenvalue weighted by molar-refractivity contribution is 6.20. The molecule has 0 radical (unpaired) electrons. The largest absolute Gasteiger partial charge is 0.361 e. The molecule has 1 aromatic carbocycles. The zero-order valence-electron chi connectivity index (χ0n) is 25.2. The fourth-order valence-electron chi connectivity index (χ4n) is 5.72. The highest BCUT2D eigenvalue weighted by Crippen LogP contribution is 2.31. The Bertz CT molecular complexity index is 1730. The minimum absolute atomic E-state index is 0.240. The van der Waals surface area contributed by atoms with Crippen LogP contribution < -0.4 is 15.5 Å². The number of anilines is 2. The van der Waals surface area contributed by atoms with Crippen LogP contribution in [0.5, 0.6) is 0 Å². The zero-order valence-corrected chi connectivity index (χ0v) is 25.2. The van der Waals surface area contributed by atoms with E-state index in [1.165, 1.54) is 4.90 Å². The average molecular weight is 581 g/mol. The first-order valence-corrected chi connectivity index (χ1v) is 14.4. The first kappa shape index (κ1) is 29.5. The molecule has 5 rings (SSSR count). The van der Waals surface area contributed by atoms with E-state index >= 15 is 0 Å². The number of amides is 3. The predicted molar refractivity (Wildman–Crippen MR) is 165 cm³/mol. The molecule has 4 heterocycles. The maximum atomic E-state index is 13.2. The number of hydrogen-bond donors (Lipinski definition) is 2. The number of imide groups is 1. The summed E-state index contributed by atoms with van der Waals surface area (Å²) in [6.07, 6.45) is 4.90. The Kier molecular flexibility index (Phi) is 8.57. The highest BCUT2D eigenvalue weighted by atomic mass is 16.2. The van der Waals surface area contributed by atoms with Crippen molar-refractivity contribution in [1.82, 2.24) is 29.7 Å². The number of aryl methyl sites for hydroxylation is 1. The van der Waals surface area contributed by atoms with E-state index in [4.69, 9.17) is 4.98 Å².